The van der Waals surface area contributed by atoms with E-state index in [1.54, 1.807) is 0 Å². The van der Waals surface area contributed by atoms with Crippen molar-refractivity contribution >= 4 is 97.2 Å². The first kappa shape index (κ1) is 81.3. The van der Waals surface area contributed by atoms with Crippen molar-refractivity contribution in [2.24, 2.45) is 5.73 Å². The fourth-order valence-corrected chi connectivity index (χ4v) is 11.4. The third kappa shape index (κ3) is 20.0. The number of rotatable bonds is 22. The molecule has 0 amide bonds. The van der Waals surface area contributed by atoms with Crippen molar-refractivity contribution in [3.05, 3.63) is 271 Å². The number of ether oxygens (including phenoxy) is 5. The number of hydrogen-bond acceptors (Lipinski definition) is 23. The number of H-pyrrole nitrogens is 4. The van der Waals surface area contributed by atoms with Crippen molar-refractivity contribution in [2.45, 2.75) is 86.0 Å². The molecule has 106 heavy (non-hydrogen) atoms. The first-order chi connectivity index (χ1) is 50.5. The maximum absolute atomic E-state index is 13.2. The van der Waals surface area contributed by atoms with Crippen LogP contribution in [0.1, 0.15) is 87.1 Å². The molecule has 6 aromatic heterocycles. The lowest BCUT2D eigenvalue weighted by atomic mass is 10.1. The quantitative estimate of drug-likeness (QED) is 0.0331. The molecule has 11 aromatic rings. The van der Waals surface area contributed by atoms with Crippen molar-refractivity contribution < 1.29 is 23.7 Å². The van der Waals surface area contributed by atoms with Gasteiger partial charge in [0, 0.05) is 49.0 Å². The zero-order valence-corrected chi connectivity index (χ0v) is 63.5. The average molecular weight is 1640 g/mol. The van der Waals surface area contributed by atoms with E-state index in [0.29, 0.717) is 16.7 Å². The molecule has 0 saturated heterocycles. The van der Waals surface area contributed by atoms with Crippen LogP contribution in [0, 0.1) is 0 Å². The van der Waals surface area contributed by atoms with Gasteiger partial charge in [-0.3, -0.25) is 33.8 Å². The summed E-state index contributed by atoms with van der Waals surface area (Å²) in [6.07, 6.45) is 0. The van der Waals surface area contributed by atoms with Crippen molar-refractivity contribution in [2.75, 3.05) is 31.8 Å². The number of hydrogen-bond donors (Lipinski definition) is 7. The maximum Gasteiger partial charge on any atom is 0.354 e. The van der Waals surface area contributed by atoms with Gasteiger partial charge in [0.2, 0.25) is 29.3 Å². The predicted octanol–water partition coefficient (Wildman–Crippen LogP) is 10.4. The smallest absolute Gasteiger partial charge is 0.354 e. The molecule has 5 aromatic carbocycles. The van der Waals surface area contributed by atoms with E-state index in [9.17, 15) is 43.2 Å². The van der Waals surface area contributed by atoms with Gasteiger partial charge in [0.1, 0.15) is 13.5 Å². The molecule has 32 nitrogen and oxygen atoms in total. The Bertz CT molecular complexity index is 5510. The third-order valence-corrected chi connectivity index (χ3v) is 16.8. The van der Waals surface area contributed by atoms with E-state index < -0.39 is 33.7 Å². The van der Waals surface area contributed by atoms with E-state index in [1.807, 2.05) is 102 Å². The molecule has 0 aliphatic carbocycles. The molecule has 0 fully saturated rings. The van der Waals surface area contributed by atoms with Crippen LogP contribution in [0.15, 0.2) is 163 Å². The number of halogens is 7. The third-order valence-electron chi connectivity index (χ3n) is 14.6. The minimum Gasteiger partial charge on any atom is -0.434 e. The number of benzene rings is 5. The van der Waals surface area contributed by atoms with Crippen molar-refractivity contribution in [3.63, 3.8) is 0 Å². The fourth-order valence-electron chi connectivity index (χ4n) is 9.38. The number of nitrogens with one attached hydrogen (secondary N) is 6. The highest BCUT2D eigenvalue weighted by atomic mass is 79.9. The Balaban J connectivity index is 0.000000200. The largest absolute Gasteiger partial charge is 0.434 e. The van der Waals surface area contributed by atoms with E-state index in [2.05, 4.69) is 83.2 Å². The molecule has 0 saturated carbocycles. The van der Waals surface area contributed by atoms with Crippen LogP contribution >= 0.6 is 85.5 Å². The molecule has 11 rings (SSSR count). The van der Waals surface area contributed by atoms with Gasteiger partial charge in [-0.2, -0.15) is 19.1 Å². The number of nitrogens with two attached hydrogens (primary N) is 1. The summed E-state index contributed by atoms with van der Waals surface area (Å²) in [5.74, 6) is 0.158. The highest BCUT2D eigenvalue weighted by Crippen LogP contribution is 2.41. The van der Waals surface area contributed by atoms with Crippen LogP contribution in [-0.2, 0) is 36.1 Å². The van der Waals surface area contributed by atoms with Crippen LogP contribution in [0.2, 0.25) is 30.1 Å². The van der Waals surface area contributed by atoms with Gasteiger partial charge in [0.25, 0.3) is 27.8 Å². The summed E-state index contributed by atoms with van der Waals surface area (Å²) in [5.41, 5.74) is 3.08. The first-order valence-electron chi connectivity index (χ1n) is 31.4. The van der Waals surface area contributed by atoms with Crippen LogP contribution in [0.5, 0.6) is 34.9 Å². The van der Waals surface area contributed by atoms with E-state index in [-0.39, 0.29) is 159 Å². The van der Waals surface area contributed by atoms with E-state index >= 15 is 0 Å². The predicted molar refractivity (Wildman–Crippen MR) is 405 cm³/mol. The van der Waals surface area contributed by atoms with E-state index in [0.717, 1.165) is 34.3 Å². The van der Waals surface area contributed by atoms with Crippen molar-refractivity contribution in [1.29, 1.82) is 0 Å². The standard InChI is InChI=1S/C25H24Cl2N6O5.C24H20BrCl2N5O5.C17H16Cl2N6O4.CH5N/c1-14(2)17-11-20(29-30-23(17)34)38-21-18(26)9-16(10-19(21)27)33-25(36)32(24(35)22(28-3)31-33)13-37-12-15-7-5-4-6-8-15;1-13(2)16-10-19(28-29-22(16)33)37-20-17(26)8-15(9-18(20)27)32-24(35)31(23(34)21(25)30-32)12-36-11-14-6-4-3-5-7-14;1-7(2)9-6-12(22-23-15(9)26)29-13-10(18)4-8(5-11(13)19)25-17(28)21-16(27)14(20-3)24-25;1-2/h4-11,14H,12-13H2,1-3H3,(H,28,31)(H,30,34);3-10,13H,11-12H2,1-2H3,(H,29,33);4-7H,1-3H3,(H,20,24)(H,23,26)(H,21,27,28);2H2,1H3. The summed E-state index contributed by atoms with van der Waals surface area (Å²) in [5, 5.41) is 36.4. The summed E-state index contributed by atoms with van der Waals surface area (Å²) in [7, 11) is 4.50. The monoisotopic (exact) mass is 1630 g/mol. The Kier molecular flexibility index (Phi) is 28.5. The molecule has 39 heteroatoms. The number of aromatic nitrogens is 15. The molecule has 0 unspecified atom stereocenters. The first-order valence-corrected chi connectivity index (χ1v) is 34.5. The van der Waals surface area contributed by atoms with Crippen LogP contribution in [-0.4, -0.2) is 95.2 Å². The molecule has 0 spiro atoms. The summed E-state index contributed by atoms with van der Waals surface area (Å²) < 4.78 is 32.9. The highest BCUT2D eigenvalue weighted by molar-refractivity contribution is 9.10. The normalized spacial score (nSPS) is 10.9. The minimum absolute atomic E-state index is 0.0445. The second-order valence-corrected chi connectivity index (χ2v) is 26.1. The SMILES string of the molecule is CC(C)c1cc(Oc2c(Cl)cc(-n3nc(Br)c(=O)n(COCc4ccccc4)c3=O)cc2Cl)n[nH]c1=O.CN.CNc1nn(-c2cc(Cl)c(Oc3cc(C(C)C)c(=O)[nH]n3)c(Cl)c2)c(=O)[nH]c1=O.CNc1nn(-c2cc(Cl)c(Oc3cc(C(C)C)c(=O)[nH]n3)c(Cl)c2)c(=O)n(COCc2ccccc2)c1=O. The summed E-state index contributed by atoms with van der Waals surface area (Å²) >= 11 is 41.4. The van der Waals surface area contributed by atoms with Gasteiger partial charge >= 0.3 is 22.6 Å². The molecule has 0 bridgehead atoms. The summed E-state index contributed by atoms with van der Waals surface area (Å²) in [4.78, 5) is 113. The Morgan fingerprint density at radius 1 is 0.443 bits per heavy atom. The molecule has 556 valence electrons. The molecule has 0 atom stereocenters. The second kappa shape index (κ2) is 37.1. The Labute approximate surface area is 637 Å². The van der Waals surface area contributed by atoms with Crippen molar-refractivity contribution in [1.82, 2.24) is 74.1 Å². The van der Waals surface area contributed by atoms with Crippen LogP contribution in [0.3, 0.4) is 0 Å². The van der Waals surface area contributed by atoms with Gasteiger partial charge in [0.15, 0.2) is 21.9 Å². The topological polar surface area (TPSA) is 415 Å². The average Bonchev–Trinajstić information content (AvgIpc) is 0.796. The Hall–Kier alpha value is -10.3. The number of anilines is 2. The zero-order chi connectivity index (χ0) is 77.4. The van der Waals surface area contributed by atoms with Crippen molar-refractivity contribution in [3.8, 4) is 52.0 Å². The molecule has 6 heterocycles. The van der Waals surface area contributed by atoms with Gasteiger partial charge in [-0.25, -0.2) is 38.8 Å². The van der Waals surface area contributed by atoms with Crippen LogP contribution in [0.25, 0.3) is 17.1 Å². The van der Waals surface area contributed by atoms with Gasteiger partial charge in [-0.1, -0.05) is 172 Å². The molecule has 0 radical (unpaired) electrons. The second-order valence-electron chi connectivity index (χ2n) is 22.9. The van der Waals surface area contributed by atoms with Crippen LogP contribution in [0.4, 0.5) is 11.6 Å². The summed E-state index contributed by atoms with van der Waals surface area (Å²) in [6.45, 7) is 11.0. The lowest BCUT2D eigenvalue weighted by Crippen LogP contribution is -2.42. The minimum atomic E-state index is -0.765. The van der Waals surface area contributed by atoms with E-state index in [4.69, 9.17) is 93.3 Å². The Morgan fingerprint density at radius 2 is 0.764 bits per heavy atom. The molecular formula is C67H65BrCl6N18O14. The lowest BCUT2D eigenvalue weighted by molar-refractivity contribution is 0.0575. The number of nitrogens with zero attached hydrogens (tertiary/aromatic N) is 11. The molecular weight excluding hydrogens is 1570 g/mol. The zero-order valence-electron chi connectivity index (χ0n) is 57.4. The van der Waals surface area contributed by atoms with Crippen LogP contribution < -0.4 is 81.0 Å². The van der Waals surface area contributed by atoms with Gasteiger partial charge in [-0.15, -0.1) is 25.5 Å². The molecule has 8 N–H and O–H groups in total. The fraction of sp³-hybridized carbons (Fsp3) is 0.239. The van der Waals surface area contributed by atoms with Gasteiger partial charge < -0.3 is 40.1 Å². The summed E-state index contributed by atoms with van der Waals surface area (Å²) in [6, 6.07) is 31.6. The highest BCUT2D eigenvalue weighted by Gasteiger charge is 2.23. The van der Waals surface area contributed by atoms with Gasteiger partial charge in [-0.05, 0) is 88.3 Å². The van der Waals surface area contributed by atoms with Gasteiger partial charge in [0.05, 0.1) is 60.4 Å². The lowest BCUT2D eigenvalue weighted by Gasteiger charge is -2.14. The maximum atomic E-state index is 13.2. The number of aromatic amines is 4. The van der Waals surface area contributed by atoms with E-state index in [1.165, 1.54) is 75.7 Å². The molecule has 0 aliphatic heterocycles. The molecule has 0 aliphatic rings. The Morgan fingerprint density at radius 3 is 1.10 bits per heavy atom.